The van der Waals surface area contributed by atoms with Crippen LogP contribution in [0.1, 0.15) is 60.7 Å². The first kappa shape index (κ1) is 22.0. The number of aryl methyl sites for hydroxylation is 1. The quantitative estimate of drug-likeness (QED) is 0.349. The van der Waals surface area contributed by atoms with Crippen LogP contribution in [0.5, 0.6) is 0 Å². The van der Waals surface area contributed by atoms with Crippen LogP contribution < -0.4 is 5.32 Å². The van der Waals surface area contributed by atoms with Crippen molar-refractivity contribution < 1.29 is 4.79 Å². The second-order valence-corrected chi connectivity index (χ2v) is 9.26. The first-order valence-corrected chi connectivity index (χ1v) is 12.1. The van der Waals surface area contributed by atoms with Crippen molar-refractivity contribution in [2.45, 2.75) is 45.7 Å². The van der Waals surface area contributed by atoms with E-state index in [2.05, 4.69) is 104 Å². The van der Waals surface area contributed by atoms with Crippen LogP contribution in [0.15, 0.2) is 91.1 Å². The fourth-order valence-electron chi connectivity index (χ4n) is 4.77. The Morgan fingerprint density at radius 3 is 2.38 bits per heavy atom. The maximum Gasteiger partial charge on any atom is 0.322 e. The van der Waals surface area contributed by atoms with Crippen LogP contribution in [0, 0.1) is 0 Å². The molecule has 2 heterocycles. The molecule has 172 valence electrons. The standard InChI is InChI=1S/C30H31N3O/c1-4-22-11-17-26(18-12-22)31-30(34)33-20-25-8-5-6-9-27(25)32-19-7-10-28(32)29(33)24-15-13-23(14-16-24)21(2)3/h5-19,21,29H,4,20H2,1-3H3,(H,31,34)/t29-/m1/s1. The van der Waals surface area contributed by atoms with E-state index in [9.17, 15) is 4.79 Å². The molecule has 5 rings (SSSR count). The summed E-state index contributed by atoms with van der Waals surface area (Å²) in [7, 11) is 0. The largest absolute Gasteiger partial charge is 0.322 e. The van der Waals surface area contributed by atoms with Crippen LogP contribution in [-0.2, 0) is 13.0 Å². The van der Waals surface area contributed by atoms with E-state index >= 15 is 0 Å². The highest BCUT2D eigenvalue weighted by Crippen LogP contribution is 2.37. The van der Waals surface area contributed by atoms with Crippen molar-refractivity contribution in [2.24, 2.45) is 0 Å². The average molecular weight is 450 g/mol. The lowest BCUT2D eigenvalue weighted by molar-refractivity contribution is 0.194. The van der Waals surface area contributed by atoms with E-state index in [0.717, 1.165) is 34.6 Å². The van der Waals surface area contributed by atoms with E-state index in [1.165, 1.54) is 11.1 Å². The number of nitrogens with zero attached hydrogens (tertiary/aromatic N) is 2. The first-order chi connectivity index (χ1) is 16.5. The van der Waals surface area contributed by atoms with Crippen molar-refractivity contribution in [1.29, 1.82) is 0 Å². The van der Waals surface area contributed by atoms with E-state index in [1.807, 2.05) is 23.1 Å². The molecule has 4 heteroatoms. The van der Waals surface area contributed by atoms with Gasteiger partial charge < -0.3 is 14.8 Å². The Labute approximate surface area is 201 Å². The molecule has 0 aliphatic carbocycles. The Bertz CT molecular complexity index is 1290. The molecule has 1 aliphatic heterocycles. The maximum absolute atomic E-state index is 13.8. The number of benzene rings is 3. The molecule has 1 N–H and O–H groups in total. The fraction of sp³-hybridized carbons (Fsp3) is 0.233. The highest BCUT2D eigenvalue weighted by Gasteiger charge is 2.33. The van der Waals surface area contributed by atoms with Crippen molar-refractivity contribution >= 4 is 11.7 Å². The minimum absolute atomic E-state index is 0.105. The Morgan fingerprint density at radius 2 is 1.68 bits per heavy atom. The van der Waals surface area contributed by atoms with E-state index in [1.54, 1.807) is 0 Å². The van der Waals surface area contributed by atoms with Gasteiger partial charge in [0.25, 0.3) is 0 Å². The van der Waals surface area contributed by atoms with Crippen molar-refractivity contribution in [1.82, 2.24) is 9.47 Å². The van der Waals surface area contributed by atoms with Gasteiger partial charge in [-0.1, -0.05) is 75.4 Å². The monoisotopic (exact) mass is 449 g/mol. The molecule has 1 atom stereocenters. The van der Waals surface area contributed by atoms with Gasteiger partial charge in [-0.05, 0) is 64.9 Å². The summed E-state index contributed by atoms with van der Waals surface area (Å²) in [4.78, 5) is 15.7. The normalized spacial score (nSPS) is 14.9. The summed E-state index contributed by atoms with van der Waals surface area (Å²) in [5.74, 6) is 0.460. The van der Waals surface area contributed by atoms with Gasteiger partial charge in [-0.2, -0.15) is 0 Å². The number of nitrogens with one attached hydrogen (secondary N) is 1. The smallest absolute Gasteiger partial charge is 0.318 e. The van der Waals surface area contributed by atoms with Crippen LogP contribution in [-0.4, -0.2) is 15.5 Å². The van der Waals surface area contributed by atoms with Gasteiger partial charge in [0.1, 0.15) is 0 Å². The molecule has 0 saturated carbocycles. The Hall–Kier alpha value is -3.79. The summed E-state index contributed by atoms with van der Waals surface area (Å²) in [6, 6.07) is 29.0. The van der Waals surface area contributed by atoms with Crippen molar-refractivity contribution in [3.63, 3.8) is 0 Å². The number of rotatable bonds is 4. The summed E-state index contributed by atoms with van der Waals surface area (Å²) in [5, 5.41) is 3.15. The van der Waals surface area contributed by atoms with Gasteiger partial charge in [-0.15, -0.1) is 0 Å². The molecule has 2 amide bonds. The minimum atomic E-state index is -0.210. The molecule has 0 fully saturated rings. The molecule has 0 spiro atoms. The number of anilines is 1. The zero-order valence-corrected chi connectivity index (χ0v) is 20.0. The van der Waals surface area contributed by atoms with Crippen LogP contribution in [0.3, 0.4) is 0 Å². The Morgan fingerprint density at radius 1 is 0.941 bits per heavy atom. The SMILES string of the molecule is CCc1ccc(NC(=O)N2Cc3ccccc3-n3cccc3[C@H]2c2ccc(C(C)C)cc2)cc1. The first-order valence-electron chi connectivity index (χ1n) is 12.1. The average Bonchev–Trinajstić information content (AvgIpc) is 3.29. The molecule has 1 aliphatic rings. The minimum Gasteiger partial charge on any atom is -0.318 e. The Kier molecular flexibility index (Phi) is 5.97. The molecule has 0 radical (unpaired) electrons. The lowest BCUT2D eigenvalue weighted by Crippen LogP contribution is -2.37. The van der Waals surface area contributed by atoms with Crippen LogP contribution in [0.2, 0.25) is 0 Å². The third kappa shape index (κ3) is 4.12. The molecule has 4 aromatic rings. The highest BCUT2D eigenvalue weighted by molar-refractivity contribution is 5.90. The van der Waals surface area contributed by atoms with E-state index in [0.29, 0.717) is 12.5 Å². The second-order valence-electron chi connectivity index (χ2n) is 9.26. The van der Waals surface area contributed by atoms with E-state index in [4.69, 9.17) is 0 Å². The molecule has 1 aromatic heterocycles. The van der Waals surface area contributed by atoms with Crippen molar-refractivity contribution in [3.8, 4) is 5.69 Å². The third-order valence-electron chi connectivity index (χ3n) is 6.76. The number of fused-ring (bicyclic) bond motifs is 3. The summed E-state index contributed by atoms with van der Waals surface area (Å²) < 4.78 is 2.22. The number of aromatic nitrogens is 1. The van der Waals surface area contributed by atoms with E-state index < -0.39 is 0 Å². The zero-order valence-electron chi connectivity index (χ0n) is 20.0. The molecule has 4 nitrogen and oxygen atoms in total. The van der Waals surface area contributed by atoms with Gasteiger partial charge in [0.15, 0.2) is 0 Å². The number of hydrogen-bond donors (Lipinski definition) is 1. The van der Waals surface area contributed by atoms with Gasteiger partial charge in [-0.25, -0.2) is 4.79 Å². The number of amides is 2. The summed E-state index contributed by atoms with van der Waals surface area (Å²) in [6.45, 7) is 7.05. The van der Waals surface area contributed by atoms with Crippen LogP contribution >= 0.6 is 0 Å². The third-order valence-corrected chi connectivity index (χ3v) is 6.76. The number of para-hydroxylation sites is 1. The second kappa shape index (κ2) is 9.22. The number of carbonyl (C=O) groups excluding carboxylic acids is 1. The summed E-state index contributed by atoms with van der Waals surface area (Å²) in [6.07, 6.45) is 3.07. The fourth-order valence-corrected chi connectivity index (χ4v) is 4.77. The van der Waals surface area contributed by atoms with Crippen LogP contribution in [0.4, 0.5) is 10.5 Å². The predicted molar refractivity (Wildman–Crippen MR) is 139 cm³/mol. The van der Waals surface area contributed by atoms with Gasteiger partial charge in [0, 0.05) is 17.6 Å². The molecular formula is C30H31N3O. The molecule has 0 unspecified atom stereocenters. The summed E-state index contributed by atoms with van der Waals surface area (Å²) >= 11 is 0. The Balaban J connectivity index is 1.58. The maximum atomic E-state index is 13.8. The zero-order chi connectivity index (χ0) is 23.7. The molecule has 0 bridgehead atoms. The predicted octanol–water partition coefficient (Wildman–Crippen LogP) is 7.30. The van der Waals surface area contributed by atoms with Gasteiger partial charge in [-0.3, -0.25) is 0 Å². The number of urea groups is 1. The topological polar surface area (TPSA) is 37.3 Å². The highest BCUT2D eigenvalue weighted by atomic mass is 16.2. The molecule has 0 saturated heterocycles. The molecular weight excluding hydrogens is 418 g/mol. The van der Waals surface area contributed by atoms with Gasteiger partial charge in [0.05, 0.1) is 18.3 Å². The molecule has 34 heavy (non-hydrogen) atoms. The molecule has 3 aromatic carbocycles. The van der Waals surface area contributed by atoms with Crippen molar-refractivity contribution in [2.75, 3.05) is 5.32 Å². The van der Waals surface area contributed by atoms with Gasteiger partial charge in [0.2, 0.25) is 0 Å². The number of hydrogen-bond acceptors (Lipinski definition) is 1. The summed E-state index contributed by atoms with van der Waals surface area (Å²) in [5.41, 5.74) is 7.79. The van der Waals surface area contributed by atoms with Crippen molar-refractivity contribution in [3.05, 3.63) is 119 Å². The van der Waals surface area contributed by atoms with Crippen LogP contribution in [0.25, 0.3) is 5.69 Å². The lowest BCUT2D eigenvalue weighted by atomic mass is 9.97. The lowest BCUT2D eigenvalue weighted by Gasteiger charge is -2.31. The van der Waals surface area contributed by atoms with E-state index in [-0.39, 0.29) is 12.1 Å². The number of carbonyl (C=O) groups is 1. The van der Waals surface area contributed by atoms with Gasteiger partial charge >= 0.3 is 6.03 Å².